The van der Waals surface area contributed by atoms with Crippen LogP contribution in [0.1, 0.15) is 23.3 Å². The summed E-state index contributed by atoms with van der Waals surface area (Å²) in [5.41, 5.74) is 1.83. The number of benzene rings is 4. The molecule has 3 nitrogen and oxygen atoms in total. The summed E-state index contributed by atoms with van der Waals surface area (Å²) in [5.74, 6) is 0. The fraction of sp³-hybridized carbons (Fsp3) is 0.182. The summed E-state index contributed by atoms with van der Waals surface area (Å²) < 4.78 is 5.68. The molecule has 1 saturated heterocycles. The van der Waals surface area contributed by atoms with Crippen LogP contribution < -0.4 is 0 Å². The van der Waals surface area contributed by atoms with E-state index < -0.39 is 12.2 Å². The Balaban J connectivity index is 1.75. The third-order valence-electron chi connectivity index (χ3n) is 5.75. The Bertz CT molecular complexity index is 1180. The highest BCUT2D eigenvalue weighted by Crippen LogP contribution is 2.53. The maximum Gasteiger partial charge on any atom is 0.118 e. The van der Waals surface area contributed by atoms with Crippen LogP contribution in [0, 0.1) is 0 Å². The van der Waals surface area contributed by atoms with Crippen LogP contribution in [0.25, 0.3) is 32.3 Å². The van der Waals surface area contributed by atoms with Gasteiger partial charge in [0.25, 0.3) is 0 Å². The molecular weight excluding hydrogens is 312 g/mol. The fourth-order valence-electron chi connectivity index (χ4n) is 4.42. The number of hydrogen-bond acceptors (Lipinski definition) is 3. The average molecular weight is 328 g/mol. The standard InChI is InChI=1S/C22H16O3/c23-19-15-8-7-13-9-12-6-5-11-3-1-2-4-14(11)16(12)10-17(13)18(15)21-22(25-21)20(19)24/h1-10,19-24H/t19-,20+,21+,22-/m0/s1. The largest absolute Gasteiger partial charge is 0.387 e. The van der Waals surface area contributed by atoms with E-state index in [-0.39, 0.29) is 12.2 Å². The van der Waals surface area contributed by atoms with Gasteiger partial charge in [-0.2, -0.15) is 0 Å². The van der Waals surface area contributed by atoms with Gasteiger partial charge < -0.3 is 14.9 Å². The molecule has 4 atom stereocenters. The van der Waals surface area contributed by atoms with Gasteiger partial charge in [-0.1, -0.05) is 48.5 Å². The van der Waals surface area contributed by atoms with Gasteiger partial charge in [0.2, 0.25) is 0 Å². The molecule has 2 aliphatic rings. The van der Waals surface area contributed by atoms with Gasteiger partial charge >= 0.3 is 0 Å². The number of aliphatic hydroxyl groups is 2. The highest BCUT2D eigenvalue weighted by atomic mass is 16.6. The second-order valence-electron chi connectivity index (χ2n) is 7.11. The zero-order valence-electron chi connectivity index (χ0n) is 13.4. The molecule has 6 rings (SSSR count). The molecule has 2 N–H and O–H groups in total. The number of ether oxygens (including phenoxy) is 1. The van der Waals surface area contributed by atoms with Crippen LogP contribution in [-0.4, -0.2) is 22.4 Å². The Morgan fingerprint density at radius 2 is 1.48 bits per heavy atom. The third kappa shape index (κ3) is 1.75. The highest BCUT2D eigenvalue weighted by Gasteiger charge is 2.54. The average Bonchev–Trinajstić information content (AvgIpc) is 3.44. The first-order valence-electron chi connectivity index (χ1n) is 8.62. The normalized spacial score (nSPS) is 27.4. The summed E-state index contributed by atoms with van der Waals surface area (Å²) in [4.78, 5) is 0. The first-order chi connectivity index (χ1) is 12.2. The molecule has 1 fully saturated rings. The molecule has 4 aromatic rings. The lowest BCUT2D eigenvalue weighted by Crippen LogP contribution is -2.29. The van der Waals surface area contributed by atoms with E-state index in [1.165, 1.54) is 21.5 Å². The lowest BCUT2D eigenvalue weighted by atomic mass is 9.83. The van der Waals surface area contributed by atoms with Gasteiger partial charge in [-0.15, -0.1) is 0 Å². The minimum atomic E-state index is -0.883. The minimum Gasteiger partial charge on any atom is -0.387 e. The molecule has 1 aliphatic heterocycles. The Hall–Kier alpha value is -2.46. The number of aliphatic hydroxyl groups excluding tert-OH is 2. The van der Waals surface area contributed by atoms with Crippen molar-refractivity contribution in [1.82, 2.24) is 0 Å². The van der Waals surface area contributed by atoms with Gasteiger partial charge in [0, 0.05) is 0 Å². The molecule has 3 heteroatoms. The second kappa shape index (κ2) is 4.58. The molecular formula is C22H16O3. The van der Waals surface area contributed by atoms with Crippen LogP contribution in [0.5, 0.6) is 0 Å². The number of epoxide rings is 1. The molecule has 4 aromatic carbocycles. The molecule has 1 aliphatic carbocycles. The fourth-order valence-corrected chi connectivity index (χ4v) is 4.42. The van der Waals surface area contributed by atoms with Crippen LogP contribution in [0.2, 0.25) is 0 Å². The molecule has 0 bridgehead atoms. The minimum absolute atomic E-state index is 0.107. The summed E-state index contributed by atoms with van der Waals surface area (Å²) in [6.45, 7) is 0. The molecule has 1 heterocycles. The summed E-state index contributed by atoms with van der Waals surface area (Å²) in [5, 5.41) is 27.7. The lowest BCUT2D eigenvalue weighted by molar-refractivity contribution is 0.000106. The monoisotopic (exact) mass is 328 g/mol. The van der Waals surface area contributed by atoms with Crippen molar-refractivity contribution in [2.75, 3.05) is 0 Å². The van der Waals surface area contributed by atoms with E-state index in [0.29, 0.717) is 0 Å². The summed E-state index contributed by atoms with van der Waals surface area (Å²) in [6, 6.07) is 21.1. The van der Waals surface area contributed by atoms with Crippen LogP contribution in [0.4, 0.5) is 0 Å². The van der Waals surface area contributed by atoms with Crippen molar-refractivity contribution in [2.24, 2.45) is 0 Å². The zero-order valence-corrected chi connectivity index (χ0v) is 13.4. The van der Waals surface area contributed by atoms with Gasteiger partial charge in [-0.05, 0) is 55.6 Å². The van der Waals surface area contributed by atoms with Crippen LogP contribution >= 0.6 is 0 Å². The van der Waals surface area contributed by atoms with Gasteiger partial charge in [0.05, 0.1) is 0 Å². The molecule has 0 saturated carbocycles. The summed E-state index contributed by atoms with van der Waals surface area (Å²) in [7, 11) is 0. The Kier molecular flexibility index (Phi) is 2.53. The maximum atomic E-state index is 10.4. The predicted octanol–water partition coefficient (Wildman–Crippen LogP) is 3.99. The van der Waals surface area contributed by atoms with Gasteiger partial charge in [0.15, 0.2) is 0 Å². The van der Waals surface area contributed by atoms with Gasteiger partial charge in [-0.25, -0.2) is 0 Å². The summed E-state index contributed by atoms with van der Waals surface area (Å²) >= 11 is 0. The van der Waals surface area contributed by atoms with E-state index in [2.05, 4.69) is 48.5 Å². The third-order valence-corrected chi connectivity index (χ3v) is 5.75. The van der Waals surface area contributed by atoms with E-state index in [9.17, 15) is 10.2 Å². The number of hydrogen-bond donors (Lipinski definition) is 2. The van der Waals surface area contributed by atoms with Crippen molar-refractivity contribution < 1.29 is 14.9 Å². The van der Waals surface area contributed by atoms with Crippen molar-refractivity contribution in [3.05, 3.63) is 71.8 Å². The number of fused-ring (bicyclic) bond motifs is 8. The first-order valence-corrected chi connectivity index (χ1v) is 8.62. The molecule has 0 aromatic heterocycles. The van der Waals surface area contributed by atoms with E-state index in [0.717, 1.165) is 21.9 Å². The Labute approximate surface area is 144 Å². The molecule has 0 radical (unpaired) electrons. The lowest BCUT2D eigenvalue weighted by Gasteiger charge is -2.24. The van der Waals surface area contributed by atoms with Crippen LogP contribution in [-0.2, 0) is 4.74 Å². The van der Waals surface area contributed by atoms with Crippen LogP contribution in [0.15, 0.2) is 60.7 Å². The van der Waals surface area contributed by atoms with Gasteiger partial charge in [0.1, 0.15) is 24.4 Å². The van der Waals surface area contributed by atoms with E-state index >= 15 is 0 Å². The molecule has 25 heavy (non-hydrogen) atoms. The van der Waals surface area contributed by atoms with Crippen molar-refractivity contribution in [3.8, 4) is 0 Å². The number of rotatable bonds is 0. The molecule has 0 amide bonds. The van der Waals surface area contributed by atoms with Crippen molar-refractivity contribution in [2.45, 2.75) is 24.4 Å². The van der Waals surface area contributed by atoms with Crippen molar-refractivity contribution >= 4 is 32.3 Å². The predicted molar refractivity (Wildman–Crippen MR) is 97.5 cm³/mol. The van der Waals surface area contributed by atoms with E-state index in [4.69, 9.17) is 4.74 Å². The zero-order chi connectivity index (χ0) is 16.7. The van der Waals surface area contributed by atoms with Gasteiger partial charge in [-0.3, -0.25) is 0 Å². The maximum absolute atomic E-state index is 10.4. The smallest absolute Gasteiger partial charge is 0.118 e. The van der Waals surface area contributed by atoms with E-state index in [1.807, 2.05) is 12.1 Å². The topological polar surface area (TPSA) is 53.0 Å². The molecule has 122 valence electrons. The second-order valence-corrected chi connectivity index (χ2v) is 7.11. The Morgan fingerprint density at radius 1 is 0.720 bits per heavy atom. The van der Waals surface area contributed by atoms with E-state index in [1.54, 1.807) is 0 Å². The Morgan fingerprint density at radius 3 is 2.40 bits per heavy atom. The molecule has 0 spiro atoms. The molecule has 0 unspecified atom stereocenters. The van der Waals surface area contributed by atoms with Crippen molar-refractivity contribution in [1.29, 1.82) is 0 Å². The first kappa shape index (κ1) is 13.8. The SMILES string of the molecule is O[C@H]1[C@@H]2O[C@@H]2c2c(ccc3cc4ccc5ccccc5c4cc23)[C@@H]1O. The van der Waals surface area contributed by atoms with Crippen LogP contribution in [0.3, 0.4) is 0 Å². The summed E-state index contributed by atoms with van der Waals surface area (Å²) in [6.07, 6.45) is -2.11. The highest BCUT2D eigenvalue weighted by molar-refractivity contribution is 6.12. The van der Waals surface area contributed by atoms with Crippen molar-refractivity contribution in [3.63, 3.8) is 0 Å². The quantitative estimate of drug-likeness (QED) is 0.291.